The molecule has 0 radical (unpaired) electrons. The van der Waals surface area contributed by atoms with Crippen LogP contribution in [0.15, 0.2) is 12.2 Å². The van der Waals surface area contributed by atoms with Crippen LogP contribution in [0.2, 0.25) is 0 Å². The molecule has 1 unspecified atom stereocenters. The van der Waals surface area contributed by atoms with E-state index in [2.05, 4.69) is 53.7 Å². The van der Waals surface area contributed by atoms with E-state index in [1.807, 2.05) is 0 Å². The molecule has 9 rings (SSSR count). The third-order valence-electron chi connectivity index (χ3n) is 19.9. The fraction of sp³-hybridized carbons (Fsp3) is 0.958. The van der Waals surface area contributed by atoms with Crippen LogP contribution >= 0.6 is 0 Å². The number of aliphatic hydroxyl groups excluding tert-OH is 9. The molecule has 25 atom stereocenters. The zero-order valence-electron chi connectivity index (χ0n) is 39.0. The van der Waals surface area contributed by atoms with Crippen LogP contribution in [0.25, 0.3) is 0 Å². The molecule has 16 heteroatoms. The average Bonchev–Trinajstić information content (AvgIpc) is 3.49. The van der Waals surface area contributed by atoms with Crippen molar-refractivity contribution in [3.63, 3.8) is 0 Å². The van der Waals surface area contributed by atoms with Crippen LogP contribution in [0.4, 0.5) is 0 Å². The highest BCUT2D eigenvalue weighted by molar-refractivity contribution is 5.35. The third-order valence-corrected chi connectivity index (χ3v) is 19.9. The number of ether oxygens (including phenoxy) is 7. The van der Waals surface area contributed by atoms with Gasteiger partial charge in [0.05, 0.1) is 43.7 Å². The Morgan fingerprint density at radius 2 is 1.23 bits per heavy atom. The summed E-state index contributed by atoms with van der Waals surface area (Å²) in [6, 6.07) is 0. The second-order valence-electron chi connectivity index (χ2n) is 23.7. The topological polar surface area (TPSA) is 247 Å². The smallest absolute Gasteiger partial charge is 0.187 e. The maximum absolute atomic E-state index is 11.9. The second-order valence-corrected chi connectivity index (χ2v) is 23.7. The molecule has 0 aromatic rings. The van der Waals surface area contributed by atoms with E-state index in [0.29, 0.717) is 12.3 Å². The van der Waals surface area contributed by atoms with Gasteiger partial charge in [-0.1, -0.05) is 53.7 Å². The molecule has 2 bridgehead atoms. The number of allylic oxidation sites excluding steroid dienone is 1. The number of hydrogen-bond donors (Lipinski definition) is 9. The van der Waals surface area contributed by atoms with E-state index in [1.165, 1.54) is 32.6 Å². The highest BCUT2D eigenvalue weighted by Crippen LogP contribution is 2.79. The van der Waals surface area contributed by atoms with Gasteiger partial charge in [0.2, 0.25) is 0 Å². The Bertz CT molecular complexity index is 1750. The maximum atomic E-state index is 11.9. The van der Waals surface area contributed by atoms with E-state index in [1.54, 1.807) is 6.92 Å². The number of rotatable bonds is 8. The van der Waals surface area contributed by atoms with Crippen molar-refractivity contribution < 1.29 is 79.1 Å². The standard InChI is InChI=1S/C48H78O16/c1-23-30(51)32(53)34(55)39(59-23)63-37-25(20-49)61-40(35(56)33(37)54)64-38-31(52)24(2)60-41(36(38)57)62-29-11-12-43(5)26(44(29,6)21-50)9-13-45(7)27(43)10-14-48-28-19-42(3,4)15-17-47(28,22-58-48)18-16-46(45,48)8/h10,14,23-41,49-57H,9,11-13,15-22H2,1-8H3/t23-,24+,25+,26?,27+,28+,29-,30-,31-,32+,33+,34+,35+,36+,37+,38-,39-,40-,41-,43-,44-,45+,46-,47+,48-/m0/s1. The molecule has 8 fully saturated rings. The van der Waals surface area contributed by atoms with Crippen molar-refractivity contribution in [1.82, 2.24) is 0 Å². The average molecular weight is 911 g/mol. The maximum Gasteiger partial charge on any atom is 0.187 e. The van der Waals surface area contributed by atoms with Gasteiger partial charge < -0.3 is 79.1 Å². The van der Waals surface area contributed by atoms with Gasteiger partial charge in [0.1, 0.15) is 61.0 Å². The summed E-state index contributed by atoms with van der Waals surface area (Å²) in [4.78, 5) is 0. The summed E-state index contributed by atoms with van der Waals surface area (Å²) in [6.45, 7) is 17.4. The highest BCUT2D eigenvalue weighted by Gasteiger charge is 2.77. The molecule has 0 amide bonds. The van der Waals surface area contributed by atoms with Crippen LogP contribution in [0, 0.1) is 50.2 Å². The van der Waals surface area contributed by atoms with Crippen LogP contribution in [0.5, 0.6) is 0 Å². The molecule has 4 saturated heterocycles. The predicted molar refractivity (Wildman–Crippen MR) is 227 cm³/mol. The van der Waals surface area contributed by atoms with Crippen molar-refractivity contribution in [2.75, 3.05) is 19.8 Å². The number of hydrogen-bond acceptors (Lipinski definition) is 16. The fourth-order valence-electron chi connectivity index (χ4n) is 15.7. The van der Waals surface area contributed by atoms with Gasteiger partial charge in [0.15, 0.2) is 18.9 Å². The molecule has 4 saturated carbocycles. The summed E-state index contributed by atoms with van der Waals surface area (Å²) in [5.41, 5.74) is -0.749. The Labute approximate surface area is 377 Å². The Morgan fingerprint density at radius 3 is 1.92 bits per heavy atom. The van der Waals surface area contributed by atoms with Crippen LogP contribution in [-0.2, 0) is 33.2 Å². The minimum Gasteiger partial charge on any atom is -0.396 e. The van der Waals surface area contributed by atoms with Crippen molar-refractivity contribution >= 4 is 0 Å². The molecule has 1 spiro atoms. The zero-order chi connectivity index (χ0) is 46.3. The van der Waals surface area contributed by atoms with Gasteiger partial charge in [-0.05, 0) is 105 Å². The molecule has 366 valence electrons. The lowest BCUT2D eigenvalue weighted by Gasteiger charge is -2.73. The Balaban J connectivity index is 0.910. The van der Waals surface area contributed by atoms with Crippen LogP contribution in [0.1, 0.15) is 113 Å². The first-order valence-corrected chi connectivity index (χ1v) is 24.2. The van der Waals surface area contributed by atoms with Crippen LogP contribution in [0.3, 0.4) is 0 Å². The van der Waals surface area contributed by atoms with E-state index >= 15 is 0 Å². The van der Waals surface area contributed by atoms with E-state index in [4.69, 9.17) is 33.2 Å². The normalized spacial score (nSPS) is 59.0. The largest absolute Gasteiger partial charge is 0.396 e. The molecule has 5 aliphatic carbocycles. The lowest BCUT2D eigenvalue weighted by molar-refractivity contribution is -0.382. The summed E-state index contributed by atoms with van der Waals surface area (Å²) >= 11 is 0. The summed E-state index contributed by atoms with van der Waals surface area (Å²) < 4.78 is 43.2. The van der Waals surface area contributed by atoms with Gasteiger partial charge >= 0.3 is 0 Å². The minimum absolute atomic E-state index is 0.0377. The van der Waals surface area contributed by atoms with Crippen molar-refractivity contribution in [3.05, 3.63) is 12.2 Å². The molecular weight excluding hydrogens is 833 g/mol. The quantitative estimate of drug-likeness (QED) is 0.124. The van der Waals surface area contributed by atoms with Gasteiger partial charge in [-0.25, -0.2) is 0 Å². The first kappa shape index (κ1) is 48.1. The second kappa shape index (κ2) is 16.3. The molecular formula is C48H78O16. The predicted octanol–water partition coefficient (Wildman–Crippen LogP) is 1.66. The van der Waals surface area contributed by atoms with E-state index < -0.39 is 110 Å². The first-order valence-electron chi connectivity index (χ1n) is 24.2. The van der Waals surface area contributed by atoms with Gasteiger partial charge in [0, 0.05) is 16.7 Å². The first-order chi connectivity index (χ1) is 30.0. The number of aliphatic hydroxyl groups is 9. The van der Waals surface area contributed by atoms with E-state index in [0.717, 1.165) is 32.3 Å². The third kappa shape index (κ3) is 6.80. The highest BCUT2D eigenvalue weighted by atomic mass is 16.8. The van der Waals surface area contributed by atoms with Gasteiger partial charge in [-0.15, -0.1) is 0 Å². The fourth-order valence-corrected chi connectivity index (χ4v) is 15.7. The lowest BCUT2D eigenvalue weighted by Crippen LogP contribution is -2.71. The molecule has 9 N–H and O–H groups in total. The molecule has 64 heavy (non-hydrogen) atoms. The summed E-state index contributed by atoms with van der Waals surface area (Å²) in [5, 5.41) is 98.3. The molecule has 16 nitrogen and oxygen atoms in total. The Morgan fingerprint density at radius 1 is 0.609 bits per heavy atom. The molecule has 4 aliphatic heterocycles. The van der Waals surface area contributed by atoms with Crippen molar-refractivity contribution in [2.24, 2.45) is 50.2 Å². The molecule has 0 aromatic carbocycles. The molecule has 0 aromatic heterocycles. The van der Waals surface area contributed by atoms with E-state index in [-0.39, 0.29) is 51.1 Å². The Kier molecular flexibility index (Phi) is 12.3. The SMILES string of the molecule is C[C@@H]1O[C@@H](O[C@H]2[C@H](O)[C@@H](O)[C@H](O[C@H]3[C@@H](O)[C@@H](C)O[C@@H](O[C@H]4CC[C@@]5(C)C(CC[C@]6(C)[C@@H]5C=C[C@]57OC[C@@]8(CCC(C)(C)C[C@H]85)CC[C@]76C)[C@]4(C)CO)[C@@H]3O)O[C@@H]2CO)[C@H](O)[C@H](O)[C@H]1O. The lowest BCUT2D eigenvalue weighted by atomic mass is 9.32. The van der Waals surface area contributed by atoms with Crippen LogP contribution < -0.4 is 0 Å². The number of fused-ring (bicyclic) bond motifs is 4. The molecule has 4 heterocycles. The zero-order valence-corrected chi connectivity index (χ0v) is 39.0. The minimum atomic E-state index is -1.85. The monoisotopic (exact) mass is 911 g/mol. The summed E-state index contributed by atoms with van der Waals surface area (Å²) in [6.07, 6.45) is -8.41. The molecule has 9 aliphatic rings. The van der Waals surface area contributed by atoms with Crippen LogP contribution in [-0.4, -0.2) is 170 Å². The van der Waals surface area contributed by atoms with Gasteiger partial charge in [0.25, 0.3) is 0 Å². The van der Waals surface area contributed by atoms with Crippen molar-refractivity contribution in [2.45, 2.75) is 217 Å². The van der Waals surface area contributed by atoms with E-state index in [9.17, 15) is 46.0 Å². The van der Waals surface area contributed by atoms with Gasteiger partial charge in [-0.2, -0.15) is 0 Å². The van der Waals surface area contributed by atoms with Crippen molar-refractivity contribution in [1.29, 1.82) is 0 Å². The summed E-state index contributed by atoms with van der Waals surface area (Å²) in [5.74, 6) is 0.805. The van der Waals surface area contributed by atoms with Crippen molar-refractivity contribution in [3.8, 4) is 0 Å². The van der Waals surface area contributed by atoms with Gasteiger partial charge in [-0.3, -0.25) is 0 Å². The Hall–Kier alpha value is -0.900. The summed E-state index contributed by atoms with van der Waals surface area (Å²) in [7, 11) is 0.